The number of nitrogens with two attached hydrogens (primary N) is 1. The Hall–Kier alpha value is -1.92. The molecule has 0 aromatic heterocycles. The van der Waals surface area contributed by atoms with Crippen LogP contribution < -0.4 is 10.5 Å². The monoisotopic (exact) mass is 309 g/mol. The number of hydrogen-bond donors (Lipinski definition) is 1. The highest BCUT2D eigenvalue weighted by molar-refractivity contribution is 7.90. The standard InChI is InChI=1S/C15H16FNO3S/c1-21(18,19)12-8-6-11(7-9-12)20-15(10-17)13-4-2-3-5-14(13)16/h2-9,15H,10,17H2,1H3. The Morgan fingerprint density at radius 1 is 1.14 bits per heavy atom. The molecule has 6 heteroatoms. The molecule has 0 fully saturated rings. The second-order valence-corrected chi connectivity index (χ2v) is 6.62. The first-order chi connectivity index (χ1) is 9.91. The third kappa shape index (κ3) is 3.80. The number of hydrogen-bond acceptors (Lipinski definition) is 4. The van der Waals surface area contributed by atoms with Crippen LogP contribution in [0.15, 0.2) is 53.4 Å². The van der Waals surface area contributed by atoms with Gasteiger partial charge in [-0.15, -0.1) is 0 Å². The molecule has 0 aliphatic rings. The van der Waals surface area contributed by atoms with Crippen molar-refractivity contribution in [2.24, 2.45) is 5.73 Å². The predicted molar refractivity (Wildman–Crippen MR) is 78.4 cm³/mol. The Labute approximate surface area is 123 Å². The Morgan fingerprint density at radius 3 is 2.29 bits per heavy atom. The lowest BCUT2D eigenvalue weighted by atomic mass is 10.1. The van der Waals surface area contributed by atoms with Crippen molar-refractivity contribution in [2.45, 2.75) is 11.0 Å². The van der Waals surface area contributed by atoms with Crippen LogP contribution in [0.5, 0.6) is 5.75 Å². The van der Waals surface area contributed by atoms with E-state index in [0.717, 1.165) is 6.26 Å². The van der Waals surface area contributed by atoms with Crippen LogP contribution in [-0.4, -0.2) is 21.2 Å². The topological polar surface area (TPSA) is 69.4 Å². The maximum absolute atomic E-state index is 13.7. The second kappa shape index (κ2) is 6.24. The molecule has 4 nitrogen and oxygen atoms in total. The molecule has 0 amide bonds. The van der Waals surface area contributed by atoms with Gasteiger partial charge in [-0.25, -0.2) is 12.8 Å². The molecule has 2 aromatic rings. The lowest BCUT2D eigenvalue weighted by Gasteiger charge is -2.18. The third-order valence-electron chi connectivity index (χ3n) is 3.00. The average Bonchev–Trinajstić information content (AvgIpc) is 2.45. The molecule has 1 unspecified atom stereocenters. The minimum atomic E-state index is -3.25. The minimum Gasteiger partial charge on any atom is -0.484 e. The molecule has 112 valence electrons. The van der Waals surface area contributed by atoms with E-state index in [1.807, 2.05) is 0 Å². The molecule has 0 bridgehead atoms. The highest BCUT2D eigenvalue weighted by Crippen LogP contribution is 2.24. The lowest BCUT2D eigenvalue weighted by Crippen LogP contribution is -2.19. The van der Waals surface area contributed by atoms with E-state index in [1.54, 1.807) is 18.2 Å². The molecule has 0 aliphatic carbocycles. The number of benzene rings is 2. The smallest absolute Gasteiger partial charge is 0.175 e. The Morgan fingerprint density at radius 2 is 1.76 bits per heavy atom. The molecule has 2 N–H and O–H groups in total. The first-order valence-electron chi connectivity index (χ1n) is 6.33. The van der Waals surface area contributed by atoms with E-state index in [2.05, 4.69) is 0 Å². The molecule has 2 aromatic carbocycles. The fraction of sp³-hybridized carbons (Fsp3) is 0.200. The van der Waals surface area contributed by atoms with Crippen molar-refractivity contribution in [1.82, 2.24) is 0 Å². The van der Waals surface area contributed by atoms with E-state index in [0.29, 0.717) is 11.3 Å². The van der Waals surface area contributed by atoms with E-state index in [4.69, 9.17) is 10.5 Å². The van der Waals surface area contributed by atoms with Gasteiger partial charge < -0.3 is 10.5 Å². The van der Waals surface area contributed by atoms with Crippen LogP contribution in [0.1, 0.15) is 11.7 Å². The quantitative estimate of drug-likeness (QED) is 0.920. The molecular weight excluding hydrogens is 293 g/mol. The van der Waals surface area contributed by atoms with Crippen LogP contribution in [0, 0.1) is 5.82 Å². The zero-order valence-electron chi connectivity index (χ0n) is 11.5. The zero-order chi connectivity index (χ0) is 15.5. The summed E-state index contributed by atoms with van der Waals surface area (Å²) in [7, 11) is -3.25. The molecule has 1 atom stereocenters. The molecule has 0 heterocycles. The maximum Gasteiger partial charge on any atom is 0.175 e. The van der Waals surface area contributed by atoms with Crippen LogP contribution in [-0.2, 0) is 9.84 Å². The highest BCUT2D eigenvalue weighted by Gasteiger charge is 2.16. The van der Waals surface area contributed by atoms with Gasteiger partial charge in [0.25, 0.3) is 0 Å². The van der Waals surface area contributed by atoms with Crippen molar-refractivity contribution in [1.29, 1.82) is 0 Å². The number of halogens is 1. The summed E-state index contributed by atoms with van der Waals surface area (Å²) in [4.78, 5) is 0.199. The van der Waals surface area contributed by atoms with Crippen LogP contribution in [0.25, 0.3) is 0 Å². The maximum atomic E-state index is 13.7. The van der Waals surface area contributed by atoms with Crippen molar-refractivity contribution in [3.63, 3.8) is 0 Å². The van der Waals surface area contributed by atoms with E-state index in [-0.39, 0.29) is 17.3 Å². The van der Waals surface area contributed by atoms with Crippen LogP contribution in [0.4, 0.5) is 4.39 Å². The van der Waals surface area contributed by atoms with Gasteiger partial charge in [0.1, 0.15) is 17.7 Å². The van der Waals surface area contributed by atoms with Gasteiger partial charge in [0, 0.05) is 18.4 Å². The highest BCUT2D eigenvalue weighted by atomic mass is 32.2. The molecule has 0 aliphatic heterocycles. The summed E-state index contributed by atoms with van der Waals surface area (Å²) in [6, 6.07) is 12.2. The number of sulfone groups is 1. The van der Waals surface area contributed by atoms with Gasteiger partial charge in [-0.1, -0.05) is 18.2 Å². The van der Waals surface area contributed by atoms with E-state index < -0.39 is 15.9 Å². The molecule has 0 spiro atoms. The molecule has 21 heavy (non-hydrogen) atoms. The first kappa shape index (κ1) is 15.5. The zero-order valence-corrected chi connectivity index (χ0v) is 12.3. The van der Waals surface area contributed by atoms with Gasteiger partial charge in [0.15, 0.2) is 9.84 Å². The molecule has 0 saturated carbocycles. The summed E-state index contributed by atoms with van der Waals surface area (Å²) < 4.78 is 42.1. The fourth-order valence-corrected chi connectivity index (χ4v) is 2.53. The van der Waals surface area contributed by atoms with Gasteiger partial charge in [0.2, 0.25) is 0 Å². The van der Waals surface area contributed by atoms with Crippen molar-refractivity contribution in [3.8, 4) is 5.75 Å². The van der Waals surface area contributed by atoms with Crippen molar-refractivity contribution < 1.29 is 17.5 Å². The van der Waals surface area contributed by atoms with E-state index >= 15 is 0 Å². The summed E-state index contributed by atoms with van der Waals surface area (Å²) in [5.74, 6) is 0.0433. The lowest BCUT2D eigenvalue weighted by molar-refractivity contribution is 0.209. The Balaban J connectivity index is 2.22. The summed E-state index contributed by atoms with van der Waals surface area (Å²) in [6.45, 7) is 0.106. The SMILES string of the molecule is CS(=O)(=O)c1ccc(OC(CN)c2ccccc2F)cc1. The largest absolute Gasteiger partial charge is 0.484 e. The molecule has 2 rings (SSSR count). The fourth-order valence-electron chi connectivity index (χ4n) is 1.90. The van der Waals surface area contributed by atoms with Crippen LogP contribution >= 0.6 is 0 Å². The summed E-state index contributed by atoms with van der Waals surface area (Å²) in [6.07, 6.45) is 0.500. The van der Waals surface area contributed by atoms with Gasteiger partial charge in [-0.3, -0.25) is 0 Å². The van der Waals surface area contributed by atoms with Gasteiger partial charge in [-0.05, 0) is 30.3 Å². The average molecular weight is 309 g/mol. The van der Waals surface area contributed by atoms with Crippen LogP contribution in [0.3, 0.4) is 0 Å². The van der Waals surface area contributed by atoms with Crippen LogP contribution in [0.2, 0.25) is 0 Å². The van der Waals surface area contributed by atoms with Gasteiger partial charge >= 0.3 is 0 Å². The molecule has 0 saturated heterocycles. The van der Waals surface area contributed by atoms with E-state index in [9.17, 15) is 12.8 Å². The second-order valence-electron chi connectivity index (χ2n) is 4.61. The van der Waals surface area contributed by atoms with Gasteiger partial charge in [-0.2, -0.15) is 0 Å². The summed E-state index contributed by atoms with van der Waals surface area (Å²) >= 11 is 0. The third-order valence-corrected chi connectivity index (χ3v) is 4.12. The van der Waals surface area contributed by atoms with E-state index in [1.165, 1.54) is 30.3 Å². The van der Waals surface area contributed by atoms with Crippen molar-refractivity contribution in [2.75, 3.05) is 12.8 Å². The summed E-state index contributed by atoms with van der Waals surface area (Å²) in [5, 5.41) is 0. The van der Waals surface area contributed by atoms with Gasteiger partial charge in [0.05, 0.1) is 4.90 Å². The van der Waals surface area contributed by atoms with Crippen molar-refractivity contribution in [3.05, 3.63) is 59.9 Å². The number of ether oxygens (including phenoxy) is 1. The van der Waals surface area contributed by atoms with Crippen molar-refractivity contribution >= 4 is 9.84 Å². The normalized spacial score (nSPS) is 12.9. The Bertz CT molecular complexity index is 714. The Kier molecular flexibility index (Phi) is 4.59. The first-order valence-corrected chi connectivity index (χ1v) is 8.22. The number of rotatable bonds is 5. The summed E-state index contributed by atoms with van der Waals surface area (Å²) in [5.41, 5.74) is 6.00. The predicted octanol–water partition coefficient (Wildman–Crippen LogP) is 2.31. The molecule has 0 radical (unpaired) electrons. The molecular formula is C15H16FNO3S. The minimum absolute atomic E-state index is 0.106.